The number of hydrogen-bond acceptors (Lipinski definition) is 4. The van der Waals surface area contributed by atoms with Gasteiger partial charge in [0.2, 0.25) is 5.91 Å². The topological polar surface area (TPSA) is 64.7 Å². The van der Waals surface area contributed by atoms with Gasteiger partial charge in [-0.3, -0.25) is 19.9 Å². The van der Waals surface area contributed by atoms with Crippen LogP contribution in [0.4, 0.5) is 9.18 Å². The summed E-state index contributed by atoms with van der Waals surface area (Å²) in [5.74, 6) is -0.618. The van der Waals surface area contributed by atoms with E-state index in [9.17, 15) is 14.0 Å². The molecule has 3 rings (SSSR count). The first kappa shape index (κ1) is 19.1. The lowest BCUT2D eigenvalue weighted by Crippen LogP contribution is -2.55. The van der Waals surface area contributed by atoms with E-state index in [4.69, 9.17) is 11.6 Å². The molecule has 1 aliphatic carbocycles. The summed E-state index contributed by atoms with van der Waals surface area (Å²) < 4.78 is 13.1. The van der Waals surface area contributed by atoms with E-state index in [0.717, 1.165) is 44.6 Å². The Kier molecular flexibility index (Phi) is 6.11. The standard InChI is InChI=1S/C18H24ClFN4O2/c1-12(17(25)22-18(26)21-15-4-5-15)24-8-6-23(7-9-24)11-13-2-3-14(20)10-16(13)19/h2-3,10,12,15H,4-9,11H2,1H3,(H2,21,22,25,26)/t12-/m0/s1. The number of carbonyl (C=O) groups excluding carboxylic acids is 2. The predicted molar refractivity (Wildman–Crippen MR) is 97.4 cm³/mol. The van der Waals surface area contributed by atoms with Gasteiger partial charge in [0.15, 0.2) is 0 Å². The van der Waals surface area contributed by atoms with Gasteiger partial charge in [0.25, 0.3) is 0 Å². The van der Waals surface area contributed by atoms with E-state index in [2.05, 4.69) is 20.4 Å². The monoisotopic (exact) mass is 382 g/mol. The largest absolute Gasteiger partial charge is 0.335 e. The molecule has 1 saturated heterocycles. The number of piperazine rings is 1. The summed E-state index contributed by atoms with van der Waals surface area (Å²) in [4.78, 5) is 28.2. The van der Waals surface area contributed by atoms with Crippen molar-refractivity contribution in [3.63, 3.8) is 0 Å². The number of halogens is 2. The molecule has 1 aromatic rings. The SMILES string of the molecule is C[C@@H](C(=O)NC(=O)NC1CC1)N1CCN(Cc2ccc(F)cc2Cl)CC1. The van der Waals surface area contributed by atoms with Crippen LogP contribution >= 0.6 is 11.6 Å². The average Bonchev–Trinajstić information content (AvgIpc) is 3.41. The normalized spacial score (nSPS) is 19.8. The minimum Gasteiger partial charge on any atom is -0.335 e. The number of nitrogens with zero attached hydrogens (tertiary/aromatic N) is 2. The third-order valence-corrected chi connectivity index (χ3v) is 5.24. The van der Waals surface area contributed by atoms with Crippen molar-refractivity contribution in [2.24, 2.45) is 0 Å². The molecule has 2 aliphatic rings. The summed E-state index contributed by atoms with van der Waals surface area (Å²) in [6.07, 6.45) is 1.97. The summed E-state index contributed by atoms with van der Waals surface area (Å²) in [7, 11) is 0. The highest BCUT2D eigenvalue weighted by atomic mass is 35.5. The fourth-order valence-corrected chi connectivity index (χ4v) is 3.26. The number of carbonyl (C=O) groups is 2. The van der Waals surface area contributed by atoms with Gasteiger partial charge in [-0.1, -0.05) is 17.7 Å². The van der Waals surface area contributed by atoms with E-state index in [1.165, 1.54) is 12.1 Å². The Morgan fingerprint density at radius 3 is 2.58 bits per heavy atom. The van der Waals surface area contributed by atoms with Crippen LogP contribution in [-0.2, 0) is 11.3 Å². The van der Waals surface area contributed by atoms with Gasteiger partial charge < -0.3 is 5.32 Å². The second-order valence-electron chi connectivity index (χ2n) is 6.96. The molecule has 142 valence electrons. The van der Waals surface area contributed by atoms with Crippen LogP contribution < -0.4 is 10.6 Å². The lowest BCUT2D eigenvalue weighted by Gasteiger charge is -2.37. The maximum absolute atomic E-state index is 13.1. The van der Waals surface area contributed by atoms with Crippen LogP contribution in [0.2, 0.25) is 5.02 Å². The Morgan fingerprint density at radius 1 is 1.27 bits per heavy atom. The average molecular weight is 383 g/mol. The summed E-state index contributed by atoms with van der Waals surface area (Å²) >= 11 is 6.09. The Morgan fingerprint density at radius 2 is 1.96 bits per heavy atom. The van der Waals surface area contributed by atoms with Gasteiger partial charge in [-0.15, -0.1) is 0 Å². The van der Waals surface area contributed by atoms with Crippen molar-refractivity contribution < 1.29 is 14.0 Å². The number of amides is 3. The first-order valence-electron chi connectivity index (χ1n) is 8.94. The summed E-state index contributed by atoms with van der Waals surface area (Å²) in [5.41, 5.74) is 0.893. The number of rotatable bonds is 5. The summed E-state index contributed by atoms with van der Waals surface area (Å²) in [6.45, 7) is 5.46. The Balaban J connectivity index is 1.44. The van der Waals surface area contributed by atoms with Gasteiger partial charge in [0, 0.05) is 43.8 Å². The molecule has 1 heterocycles. The molecule has 1 atom stereocenters. The number of imide groups is 1. The molecule has 2 N–H and O–H groups in total. The van der Waals surface area contributed by atoms with Crippen LogP contribution in [0.1, 0.15) is 25.3 Å². The van der Waals surface area contributed by atoms with Crippen LogP contribution in [-0.4, -0.2) is 60.0 Å². The van der Waals surface area contributed by atoms with Crippen LogP contribution in [0, 0.1) is 5.82 Å². The fraction of sp³-hybridized carbons (Fsp3) is 0.556. The van der Waals surface area contributed by atoms with Gasteiger partial charge in [0.1, 0.15) is 5.82 Å². The summed E-state index contributed by atoms with van der Waals surface area (Å²) in [5, 5.41) is 5.60. The van der Waals surface area contributed by atoms with E-state index in [0.29, 0.717) is 11.6 Å². The molecule has 8 heteroatoms. The zero-order valence-corrected chi connectivity index (χ0v) is 15.6. The van der Waals surface area contributed by atoms with E-state index >= 15 is 0 Å². The van der Waals surface area contributed by atoms with Gasteiger partial charge in [-0.2, -0.15) is 0 Å². The van der Waals surface area contributed by atoms with Gasteiger partial charge in [-0.05, 0) is 37.5 Å². The van der Waals surface area contributed by atoms with Crippen molar-refractivity contribution in [2.75, 3.05) is 26.2 Å². The van der Waals surface area contributed by atoms with Crippen molar-refractivity contribution in [3.8, 4) is 0 Å². The molecule has 2 fully saturated rings. The van der Waals surface area contributed by atoms with Crippen LogP contribution in [0.15, 0.2) is 18.2 Å². The van der Waals surface area contributed by atoms with Crippen molar-refractivity contribution in [3.05, 3.63) is 34.6 Å². The molecule has 0 aromatic heterocycles. The third kappa shape index (κ3) is 5.16. The Labute approximate surface area is 157 Å². The number of benzene rings is 1. The van der Waals surface area contributed by atoms with Gasteiger partial charge >= 0.3 is 6.03 Å². The van der Waals surface area contributed by atoms with E-state index < -0.39 is 6.03 Å². The quantitative estimate of drug-likeness (QED) is 0.817. The van der Waals surface area contributed by atoms with E-state index in [1.54, 1.807) is 6.07 Å². The molecule has 0 bridgehead atoms. The molecule has 0 spiro atoms. The number of hydrogen-bond donors (Lipinski definition) is 2. The fourth-order valence-electron chi connectivity index (χ4n) is 3.03. The highest BCUT2D eigenvalue weighted by Crippen LogP contribution is 2.20. The molecule has 0 radical (unpaired) electrons. The Hall–Kier alpha value is -1.70. The van der Waals surface area contributed by atoms with E-state index in [-0.39, 0.29) is 23.8 Å². The molecular weight excluding hydrogens is 359 g/mol. The van der Waals surface area contributed by atoms with Gasteiger partial charge in [0.05, 0.1) is 6.04 Å². The van der Waals surface area contributed by atoms with Crippen molar-refractivity contribution >= 4 is 23.5 Å². The maximum atomic E-state index is 13.1. The molecule has 0 unspecified atom stereocenters. The minimum atomic E-state index is -0.408. The third-order valence-electron chi connectivity index (χ3n) is 4.89. The highest BCUT2D eigenvalue weighted by molar-refractivity contribution is 6.31. The second-order valence-corrected chi connectivity index (χ2v) is 7.37. The molecule has 1 aliphatic heterocycles. The lowest BCUT2D eigenvalue weighted by molar-refractivity contribution is -0.125. The van der Waals surface area contributed by atoms with Crippen molar-refractivity contribution in [2.45, 2.75) is 38.4 Å². The lowest BCUT2D eigenvalue weighted by atomic mass is 10.1. The molecule has 6 nitrogen and oxygen atoms in total. The first-order valence-corrected chi connectivity index (χ1v) is 9.32. The zero-order valence-electron chi connectivity index (χ0n) is 14.8. The molecular formula is C18H24ClFN4O2. The van der Waals surface area contributed by atoms with E-state index in [1.807, 2.05) is 6.92 Å². The minimum absolute atomic E-state index is 0.222. The smallest absolute Gasteiger partial charge is 0.321 e. The number of nitrogens with one attached hydrogen (secondary N) is 2. The Bertz CT molecular complexity index is 675. The molecule has 1 aromatic carbocycles. The van der Waals surface area contributed by atoms with Crippen LogP contribution in [0.25, 0.3) is 0 Å². The first-order chi connectivity index (χ1) is 12.4. The molecule has 3 amide bonds. The molecule has 26 heavy (non-hydrogen) atoms. The summed E-state index contributed by atoms with van der Waals surface area (Å²) in [6, 6.07) is 3.90. The van der Waals surface area contributed by atoms with Crippen molar-refractivity contribution in [1.29, 1.82) is 0 Å². The number of urea groups is 1. The highest BCUT2D eigenvalue weighted by Gasteiger charge is 2.28. The van der Waals surface area contributed by atoms with Crippen LogP contribution in [0.5, 0.6) is 0 Å². The second kappa shape index (κ2) is 8.33. The zero-order chi connectivity index (χ0) is 18.7. The maximum Gasteiger partial charge on any atom is 0.321 e. The predicted octanol–water partition coefficient (Wildman–Crippen LogP) is 1.97. The van der Waals surface area contributed by atoms with Crippen LogP contribution in [0.3, 0.4) is 0 Å². The molecule has 1 saturated carbocycles. The van der Waals surface area contributed by atoms with Gasteiger partial charge in [-0.25, -0.2) is 9.18 Å². The van der Waals surface area contributed by atoms with Crippen molar-refractivity contribution in [1.82, 2.24) is 20.4 Å².